The molecule has 0 atom stereocenters. The number of carbonyl (C=O) groups is 1. The van der Waals surface area contributed by atoms with Gasteiger partial charge in [0, 0.05) is 12.1 Å². The van der Waals surface area contributed by atoms with Crippen LogP contribution in [-0.2, 0) is 12.7 Å². The zero-order valence-corrected chi connectivity index (χ0v) is 10.3. The summed E-state index contributed by atoms with van der Waals surface area (Å²) in [5, 5.41) is 2.65. The molecule has 2 aromatic carbocycles. The van der Waals surface area contributed by atoms with Crippen molar-refractivity contribution in [2.24, 2.45) is 0 Å². The van der Waals surface area contributed by atoms with Gasteiger partial charge in [-0.15, -0.1) is 0 Å². The molecule has 3 rings (SSSR count). The van der Waals surface area contributed by atoms with Crippen molar-refractivity contribution in [3.63, 3.8) is 0 Å². The number of hydrogen-bond donors (Lipinski definition) is 1. The monoisotopic (exact) mass is 277 g/mol. The largest absolute Gasteiger partial charge is 0.417 e. The normalized spacial score (nSPS) is 14.1. The van der Waals surface area contributed by atoms with Crippen LogP contribution < -0.4 is 5.32 Å². The van der Waals surface area contributed by atoms with Gasteiger partial charge in [-0.2, -0.15) is 13.2 Å². The highest BCUT2D eigenvalue weighted by Crippen LogP contribution is 2.37. The minimum atomic E-state index is -4.42. The molecule has 0 aliphatic carbocycles. The summed E-state index contributed by atoms with van der Waals surface area (Å²) >= 11 is 0. The van der Waals surface area contributed by atoms with Crippen LogP contribution in [-0.4, -0.2) is 5.91 Å². The van der Waals surface area contributed by atoms with Gasteiger partial charge in [-0.1, -0.05) is 30.3 Å². The number of rotatable bonds is 1. The van der Waals surface area contributed by atoms with Gasteiger partial charge in [0.1, 0.15) is 0 Å². The van der Waals surface area contributed by atoms with Crippen molar-refractivity contribution in [1.29, 1.82) is 0 Å². The Morgan fingerprint density at radius 2 is 1.75 bits per heavy atom. The highest BCUT2D eigenvalue weighted by Gasteiger charge is 2.33. The van der Waals surface area contributed by atoms with E-state index in [0.29, 0.717) is 17.7 Å². The maximum atomic E-state index is 13.0. The van der Waals surface area contributed by atoms with Crippen molar-refractivity contribution < 1.29 is 18.0 Å². The van der Waals surface area contributed by atoms with E-state index in [1.807, 2.05) is 0 Å². The number of hydrogen-bond acceptors (Lipinski definition) is 1. The first kappa shape index (κ1) is 12.7. The predicted octanol–water partition coefficient (Wildman–Crippen LogP) is 3.62. The van der Waals surface area contributed by atoms with Crippen molar-refractivity contribution in [2.75, 3.05) is 0 Å². The zero-order chi connectivity index (χ0) is 14.3. The first-order chi connectivity index (χ1) is 9.47. The van der Waals surface area contributed by atoms with Crippen molar-refractivity contribution in [3.05, 3.63) is 59.2 Å². The lowest BCUT2D eigenvalue weighted by Crippen LogP contribution is -2.12. The molecule has 20 heavy (non-hydrogen) atoms. The van der Waals surface area contributed by atoms with Gasteiger partial charge in [0.15, 0.2) is 0 Å². The van der Waals surface area contributed by atoms with Crippen molar-refractivity contribution >= 4 is 5.91 Å². The standard InChI is InChI=1S/C15H10F3NO/c16-15(17,18)13-4-2-1-3-11(13)9-5-6-10-8-19-14(20)12(10)7-9/h1-7H,8H2,(H,19,20). The van der Waals surface area contributed by atoms with E-state index >= 15 is 0 Å². The molecule has 1 amide bonds. The van der Waals surface area contributed by atoms with Gasteiger partial charge in [-0.05, 0) is 28.8 Å². The fraction of sp³-hybridized carbons (Fsp3) is 0.133. The average Bonchev–Trinajstić information content (AvgIpc) is 2.79. The lowest BCUT2D eigenvalue weighted by atomic mass is 9.96. The van der Waals surface area contributed by atoms with E-state index in [0.717, 1.165) is 11.6 Å². The summed E-state index contributed by atoms with van der Waals surface area (Å²) in [6.07, 6.45) is -4.42. The quantitative estimate of drug-likeness (QED) is 0.847. The van der Waals surface area contributed by atoms with Crippen LogP contribution in [0.1, 0.15) is 21.5 Å². The predicted molar refractivity (Wildman–Crippen MR) is 68.1 cm³/mol. The maximum Gasteiger partial charge on any atom is 0.417 e. The van der Waals surface area contributed by atoms with Gasteiger partial charge in [0.05, 0.1) is 5.56 Å². The Labute approximate surface area is 113 Å². The Hall–Kier alpha value is -2.30. The van der Waals surface area contributed by atoms with Crippen LogP contribution in [0, 0.1) is 0 Å². The van der Waals surface area contributed by atoms with Crippen LogP contribution in [0.15, 0.2) is 42.5 Å². The van der Waals surface area contributed by atoms with Gasteiger partial charge in [-0.3, -0.25) is 4.79 Å². The molecule has 0 aromatic heterocycles. The molecule has 1 heterocycles. The lowest BCUT2D eigenvalue weighted by Gasteiger charge is -2.13. The topological polar surface area (TPSA) is 29.1 Å². The molecule has 2 aromatic rings. The summed E-state index contributed by atoms with van der Waals surface area (Å²) in [6, 6.07) is 10.2. The van der Waals surface area contributed by atoms with Crippen LogP contribution in [0.4, 0.5) is 13.2 Å². The third-order valence-electron chi connectivity index (χ3n) is 3.34. The average molecular weight is 277 g/mol. The Kier molecular flexibility index (Phi) is 2.78. The van der Waals surface area contributed by atoms with Gasteiger partial charge in [0.2, 0.25) is 0 Å². The number of fused-ring (bicyclic) bond motifs is 1. The zero-order valence-electron chi connectivity index (χ0n) is 10.3. The van der Waals surface area contributed by atoms with E-state index in [2.05, 4.69) is 5.32 Å². The van der Waals surface area contributed by atoms with Crippen molar-refractivity contribution in [1.82, 2.24) is 5.32 Å². The molecule has 0 spiro atoms. The lowest BCUT2D eigenvalue weighted by molar-refractivity contribution is -0.137. The molecule has 1 aliphatic rings. The van der Waals surface area contributed by atoms with Gasteiger partial charge < -0.3 is 5.32 Å². The number of carbonyl (C=O) groups excluding carboxylic acids is 1. The molecule has 5 heteroatoms. The number of halogens is 3. The van der Waals surface area contributed by atoms with Gasteiger partial charge in [0.25, 0.3) is 5.91 Å². The Morgan fingerprint density at radius 3 is 2.50 bits per heavy atom. The summed E-state index contributed by atoms with van der Waals surface area (Å²) in [5.41, 5.74) is 1.04. The maximum absolute atomic E-state index is 13.0. The fourth-order valence-corrected chi connectivity index (χ4v) is 2.36. The molecule has 102 valence electrons. The molecule has 0 radical (unpaired) electrons. The van der Waals surface area contributed by atoms with Gasteiger partial charge >= 0.3 is 6.18 Å². The molecule has 0 bridgehead atoms. The van der Waals surface area contributed by atoms with E-state index < -0.39 is 11.7 Å². The third-order valence-corrected chi connectivity index (χ3v) is 3.34. The minimum Gasteiger partial charge on any atom is -0.348 e. The van der Waals surface area contributed by atoms with E-state index in [1.165, 1.54) is 18.2 Å². The Bertz CT molecular complexity index is 692. The van der Waals surface area contributed by atoms with E-state index in [9.17, 15) is 18.0 Å². The van der Waals surface area contributed by atoms with Crippen molar-refractivity contribution in [3.8, 4) is 11.1 Å². The first-order valence-electron chi connectivity index (χ1n) is 6.04. The molecule has 0 fully saturated rings. The van der Waals surface area contributed by atoms with E-state index in [-0.39, 0.29) is 11.5 Å². The summed E-state index contributed by atoms with van der Waals surface area (Å²) in [4.78, 5) is 11.6. The van der Waals surface area contributed by atoms with Gasteiger partial charge in [-0.25, -0.2) is 0 Å². The minimum absolute atomic E-state index is 0.0856. The Morgan fingerprint density at radius 1 is 1.00 bits per heavy atom. The number of nitrogens with one attached hydrogen (secondary N) is 1. The van der Waals surface area contributed by atoms with Crippen LogP contribution in [0.2, 0.25) is 0 Å². The van der Waals surface area contributed by atoms with Crippen LogP contribution in [0.5, 0.6) is 0 Å². The van der Waals surface area contributed by atoms with Crippen LogP contribution in [0.3, 0.4) is 0 Å². The molecule has 0 saturated heterocycles. The number of alkyl halides is 3. The summed E-state index contributed by atoms with van der Waals surface area (Å²) in [6.45, 7) is 0.426. The summed E-state index contributed by atoms with van der Waals surface area (Å²) in [7, 11) is 0. The van der Waals surface area contributed by atoms with E-state index in [4.69, 9.17) is 0 Å². The van der Waals surface area contributed by atoms with Crippen LogP contribution >= 0.6 is 0 Å². The van der Waals surface area contributed by atoms with E-state index in [1.54, 1.807) is 18.2 Å². The SMILES string of the molecule is O=C1NCc2ccc(-c3ccccc3C(F)(F)F)cc21. The summed E-state index contributed by atoms with van der Waals surface area (Å²) in [5.74, 6) is -0.244. The number of benzene rings is 2. The molecule has 0 unspecified atom stereocenters. The van der Waals surface area contributed by atoms with Crippen LogP contribution in [0.25, 0.3) is 11.1 Å². The van der Waals surface area contributed by atoms with Crippen molar-refractivity contribution in [2.45, 2.75) is 12.7 Å². The molecule has 1 aliphatic heterocycles. The molecular formula is C15H10F3NO. The molecule has 2 nitrogen and oxygen atoms in total. The first-order valence-corrected chi connectivity index (χ1v) is 6.04. The highest BCUT2D eigenvalue weighted by molar-refractivity contribution is 5.99. The highest BCUT2D eigenvalue weighted by atomic mass is 19.4. The Balaban J connectivity index is 2.16. The second-order valence-electron chi connectivity index (χ2n) is 4.60. The second kappa shape index (κ2) is 4.37. The second-order valence-corrected chi connectivity index (χ2v) is 4.60. The smallest absolute Gasteiger partial charge is 0.348 e. The number of amides is 1. The fourth-order valence-electron chi connectivity index (χ4n) is 2.36. The molecule has 0 saturated carbocycles. The third kappa shape index (κ3) is 2.05. The molecular weight excluding hydrogens is 267 g/mol. The molecule has 1 N–H and O–H groups in total. The summed E-state index contributed by atoms with van der Waals surface area (Å²) < 4.78 is 39.0.